The number of ketones is 2. The van der Waals surface area contributed by atoms with E-state index < -0.39 is 7.82 Å². The van der Waals surface area contributed by atoms with E-state index in [9.17, 15) is 9.59 Å². The molecular formula is C11H12NaO6P. The van der Waals surface area contributed by atoms with E-state index in [2.05, 4.69) is 0 Å². The molecule has 0 aromatic heterocycles. The zero-order chi connectivity index (χ0) is 13.9. The summed E-state index contributed by atoms with van der Waals surface area (Å²) in [6.07, 6.45) is 1.39. The molecule has 0 bridgehead atoms. The minimum absolute atomic E-state index is 0. The molecule has 19 heavy (non-hydrogen) atoms. The van der Waals surface area contributed by atoms with Gasteiger partial charge >= 0.3 is 37.4 Å². The van der Waals surface area contributed by atoms with Crippen molar-refractivity contribution in [3.05, 3.63) is 47.0 Å². The molecule has 1 aliphatic carbocycles. The summed E-state index contributed by atoms with van der Waals surface area (Å²) in [6.45, 7) is 1.66. The SMILES string of the molecule is CC1=CC(=O)c2ccccc2C1=O.O=P(O)(O)O.[H-].[Na+]. The Balaban J connectivity index is 0. The van der Waals surface area contributed by atoms with Gasteiger partial charge in [0.1, 0.15) is 0 Å². The zero-order valence-electron chi connectivity index (χ0n) is 11.4. The maximum absolute atomic E-state index is 11.5. The predicted octanol–water partition coefficient (Wildman–Crippen LogP) is -1.80. The molecule has 0 amide bonds. The zero-order valence-corrected chi connectivity index (χ0v) is 13.3. The van der Waals surface area contributed by atoms with Crippen molar-refractivity contribution in [2.24, 2.45) is 0 Å². The van der Waals surface area contributed by atoms with Crippen LogP contribution in [0.4, 0.5) is 0 Å². The molecule has 2 rings (SSSR count). The van der Waals surface area contributed by atoms with Crippen molar-refractivity contribution < 1.29 is 59.8 Å². The Morgan fingerprint density at radius 1 is 1.05 bits per heavy atom. The Morgan fingerprint density at radius 2 is 1.47 bits per heavy atom. The molecule has 0 unspecified atom stereocenters. The van der Waals surface area contributed by atoms with Crippen molar-refractivity contribution >= 4 is 19.4 Å². The minimum atomic E-state index is -4.64. The van der Waals surface area contributed by atoms with Gasteiger partial charge in [0.15, 0.2) is 11.6 Å². The number of Topliss-reactive ketones (excluding diaryl/α,β-unsaturated/α-hetero) is 1. The van der Waals surface area contributed by atoms with Crippen LogP contribution in [-0.2, 0) is 4.57 Å². The summed E-state index contributed by atoms with van der Waals surface area (Å²) in [4.78, 5) is 44.5. The molecule has 8 heteroatoms. The fourth-order valence-electron chi connectivity index (χ4n) is 1.45. The van der Waals surface area contributed by atoms with Gasteiger partial charge in [0.2, 0.25) is 0 Å². The van der Waals surface area contributed by atoms with E-state index in [0.29, 0.717) is 16.7 Å². The average molecular weight is 294 g/mol. The van der Waals surface area contributed by atoms with Crippen molar-refractivity contribution in [2.45, 2.75) is 6.92 Å². The van der Waals surface area contributed by atoms with E-state index >= 15 is 0 Å². The maximum Gasteiger partial charge on any atom is 1.00 e. The third kappa shape index (κ3) is 5.93. The second-order valence-corrected chi connectivity index (χ2v) is 4.61. The topological polar surface area (TPSA) is 112 Å². The van der Waals surface area contributed by atoms with Gasteiger partial charge in [-0.15, -0.1) is 0 Å². The van der Waals surface area contributed by atoms with Crippen LogP contribution in [0.3, 0.4) is 0 Å². The summed E-state index contributed by atoms with van der Waals surface area (Å²) >= 11 is 0. The number of carbonyl (C=O) groups is 2. The molecule has 98 valence electrons. The second kappa shape index (κ2) is 7.26. The fraction of sp³-hybridized carbons (Fsp3) is 0.0909. The van der Waals surface area contributed by atoms with Gasteiger partial charge in [0.25, 0.3) is 0 Å². The number of phosphoric acid groups is 1. The minimum Gasteiger partial charge on any atom is -1.00 e. The Labute approximate surface area is 133 Å². The molecule has 0 fully saturated rings. The standard InChI is InChI=1S/C11H8O2.Na.H3O4P.H/c1-7-6-10(12)8-4-2-3-5-9(8)11(7)13;;1-5(2,3)4;/h2-6H,1H3;;(H3,1,2,3,4);/q;+1;;-1. The van der Waals surface area contributed by atoms with Crippen LogP contribution in [0.2, 0.25) is 0 Å². The first-order valence-electron chi connectivity index (χ1n) is 4.85. The number of fused-ring (bicyclic) bond motifs is 1. The molecule has 6 nitrogen and oxygen atoms in total. The van der Waals surface area contributed by atoms with Crippen LogP contribution in [0.15, 0.2) is 35.9 Å². The van der Waals surface area contributed by atoms with E-state index in [0.717, 1.165) is 0 Å². The van der Waals surface area contributed by atoms with Crippen LogP contribution in [0.5, 0.6) is 0 Å². The van der Waals surface area contributed by atoms with Crippen LogP contribution >= 0.6 is 7.82 Å². The van der Waals surface area contributed by atoms with Crippen LogP contribution < -0.4 is 29.6 Å². The molecule has 0 saturated carbocycles. The van der Waals surface area contributed by atoms with Crippen LogP contribution in [0, 0.1) is 0 Å². The van der Waals surface area contributed by atoms with Crippen molar-refractivity contribution in [3.8, 4) is 0 Å². The smallest absolute Gasteiger partial charge is 1.00 e. The Bertz CT molecular complexity index is 572. The quantitative estimate of drug-likeness (QED) is 0.384. The summed E-state index contributed by atoms with van der Waals surface area (Å²) in [5, 5.41) is 0. The molecule has 0 spiro atoms. The molecule has 1 aromatic rings. The van der Waals surface area contributed by atoms with Crippen molar-refractivity contribution in [2.75, 3.05) is 0 Å². The van der Waals surface area contributed by atoms with Gasteiger partial charge in [0.05, 0.1) is 0 Å². The summed E-state index contributed by atoms with van der Waals surface area (Å²) < 4.78 is 8.88. The largest absolute Gasteiger partial charge is 1.00 e. The third-order valence-corrected chi connectivity index (χ3v) is 2.14. The first-order valence-corrected chi connectivity index (χ1v) is 6.41. The molecule has 3 N–H and O–H groups in total. The molecular weight excluding hydrogens is 282 g/mol. The van der Waals surface area contributed by atoms with Gasteiger partial charge in [-0.1, -0.05) is 24.3 Å². The van der Waals surface area contributed by atoms with Crippen molar-refractivity contribution in [1.29, 1.82) is 0 Å². The van der Waals surface area contributed by atoms with Crippen molar-refractivity contribution in [3.63, 3.8) is 0 Å². The fourth-order valence-corrected chi connectivity index (χ4v) is 1.45. The van der Waals surface area contributed by atoms with E-state index in [1.807, 2.05) is 0 Å². The molecule has 0 atom stereocenters. The van der Waals surface area contributed by atoms with E-state index in [1.165, 1.54) is 6.08 Å². The summed E-state index contributed by atoms with van der Waals surface area (Å²) in [6, 6.07) is 6.89. The Hall–Kier alpha value is -0.590. The summed E-state index contributed by atoms with van der Waals surface area (Å²) in [5.74, 6) is -0.122. The Morgan fingerprint density at radius 3 is 1.95 bits per heavy atom. The monoisotopic (exact) mass is 294 g/mol. The number of benzene rings is 1. The van der Waals surface area contributed by atoms with Gasteiger partial charge in [-0.2, -0.15) is 0 Å². The molecule has 0 radical (unpaired) electrons. The van der Waals surface area contributed by atoms with Gasteiger partial charge in [0, 0.05) is 16.7 Å². The van der Waals surface area contributed by atoms with E-state index in [4.69, 9.17) is 19.2 Å². The normalized spacial score (nSPS) is 13.6. The van der Waals surface area contributed by atoms with Gasteiger partial charge < -0.3 is 16.1 Å². The number of allylic oxidation sites excluding steroid dienone is 2. The Kier molecular flexibility index (Phi) is 7.04. The summed E-state index contributed by atoms with van der Waals surface area (Å²) in [5.41, 5.74) is 1.55. The molecule has 0 saturated heterocycles. The number of hydrogen-bond acceptors (Lipinski definition) is 3. The van der Waals surface area contributed by atoms with Gasteiger partial charge in [-0.3, -0.25) is 9.59 Å². The van der Waals surface area contributed by atoms with Crippen LogP contribution in [0.25, 0.3) is 0 Å². The molecule has 1 aliphatic rings. The van der Waals surface area contributed by atoms with Gasteiger partial charge in [-0.25, -0.2) is 4.57 Å². The maximum atomic E-state index is 11.5. The van der Waals surface area contributed by atoms with Crippen LogP contribution in [0.1, 0.15) is 29.1 Å². The average Bonchev–Trinajstić information content (AvgIpc) is 2.24. The second-order valence-electron chi connectivity index (χ2n) is 3.58. The first-order chi connectivity index (χ1) is 8.20. The van der Waals surface area contributed by atoms with Crippen molar-refractivity contribution in [1.82, 2.24) is 0 Å². The number of carbonyl (C=O) groups excluding carboxylic acids is 2. The number of hydrogen-bond donors (Lipinski definition) is 3. The molecule has 0 aliphatic heterocycles. The van der Waals surface area contributed by atoms with E-state index in [-0.39, 0.29) is 42.6 Å². The first kappa shape index (κ1) is 18.4. The van der Waals surface area contributed by atoms with E-state index in [1.54, 1.807) is 31.2 Å². The third-order valence-electron chi connectivity index (χ3n) is 2.14. The molecule has 0 heterocycles. The van der Waals surface area contributed by atoms with Gasteiger partial charge in [-0.05, 0) is 13.0 Å². The predicted molar refractivity (Wildman–Crippen MR) is 64.2 cm³/mol. The number of rotatable bonds is 0. The summed E-state index contributed by atoms with van der Waals surface area (Å²) in [7, 11) is -4.64. The molecule has 1 aromatic carbocycles. The van der Waals surface area contributed by atoms with Crippen LogP contribution in [-0.4, -0.2) is 26.2 Å².